The molecular formula is C11H17N3O2. The maximum absolute atomic E-state index is 9.99. The largest absolute Gasteiger partial charge is 0.485 e. The lowest BCUT2D eigenvalue weighted by Gasteiger charge is -2.40. The van der Waals surface area contributed by atoms with E-state index in [1.54, 1.807) is 26.0 Å². The number of nitrogen functional groups attached to an aromatic ring is 2. The third-order valence-electron chi connectivity index (χ3n) is 3.00. The molecule has 0 bridgehead atoms. The van der Waals surface area contributed by atoms with Crippen molar-refractivity contribution in [3.8, 4) is 5.75 Å². The number of anilines is 2. The van der Waals surface area contributed by atoms with Gasteiger partial charge < -0.3 is 27.0 Å². The van der Waals surface area contributed by atoms with Crippen LogP contribution in [0.4, 0.5) is 11.4 Å². The van der Waals surface area contributed by atoms with Crippen LogP contribution in [-0.4, -0.2) is 16.8 Å². The summed E-state index contributed by atoms with van der Waals surface area (Å²) < 4.78 is 5.67. The third kappa shape index (κ3) is 1.48. The summed E-state index contributed by atoms with van der Waals surface area (Å²) in [7, 11) is 0. The Morgan fingerprint density at radius 1 is 1.25 bits per heavy atom. The first kappa shape index (κ1) is 11.0. The van der Waals surface area contributed by atoms with Gasteiger partial charge in [0.05, 0.1) is 17.4 Å². The summed E-state index contributed by atoms with van der Waals surface area (Å²) >= 11 is 0. The average Bonchev–Trinajstić information content (AvgIpc) is 2.18. The lowest BCUT2D eigenvalue weighted by atomic mass is 9.87. The molecule has 7 N–H and O–H groups in total. The molecule has 0 saturated carbocycles. The highest BCUT2D eigenvalue weighted by molar-refractivity contribution is 5.68. The molecule has 1 aromatic rings. The van der Waals surface area contributed by atoms with Crippen molar-refractivity contribution in [2.75, 3.05) is 11.5 Å². The number of benzene rings is 1. The summed E-state index contributed by atoms with van der Waals surface area (Å²) in [5.74, 6) is 0.592. The molecule has 5 heteroatoms. The first-order valence-electron chi connectivity index (χ1n) is 5.14. The smallest absolute Gasteiger partial charge is 0.131 e. The minimum Gasteiger partial charge on any atom is -0.485 e. The van der Waals surface area contributed by atoms with Gasteiger partial charge in [-0.3, -0.25) is 0 Å². The maximum atomic E-state index is 9.99. The van der Waals surface area contributed by atoms with E-state index in [1.165, 1.54) is 0 Å². The number of ether oxygens (including phenoxy) is 1. The summed E-state index contributed by atoms with van der Waals surface area (Å²) in [6.45, 7) is 3.57. The van der Waals surface area contributed by atoms with Crippen LogP contribution in [0.1, 0.15) is 25.5 Å². The van der Waals surface area contributed by atoms with Crippen LogP contribution in [0.25, 0.3) is 0 Å². The monoisotopic (exact) mass is 223 g/mol. The van der Waals surface area contributed by atoms with E-state index in [4.69, 9.17) is 21.9 Å². The second-order valence-corrected chi connectivity index (χ2v) is 4.70. The summed E-state index contributed by atoms with van der Waals surface area (Å²) in [6, 6.07) is 2.80. The molecule has 2 atom stereocenters. The van der Waals surface area contributed by atoms with Crippen LogP contribution >= 0.6 is 0 Å². The molecule has 2 unspecified atom stereocenters. The van der Waals surface area contributed by atoms with Crippen LogP contribution in [0.2, 0.25) is 0 Å². The highest BCUT2D eigenvalue weighted by atomic mass is 16.5. The molecule has 88 valence electrons. The van der Waals surface area contributed by atoms with Crippen molar-refractivity contribution >= 4 is 11.4 Å². The van der Waals surface area contributed by atoms with Crippen LogP contribution in [0.3, 0.4) is 0 Å². The molecular weight excluding hydrogens is 206 g/mol. The average molecular weight is 223 g/mol. The number of fused-ring (bicyclic) bond motifs is 1. The minimum atomic E-state index is -0.775. The Bertz CT molecular complexity index is 431. The van der Waals surface area contributed by atoms with Gasteiger partial charge in [0.2, 0.25) is 0 Å². The number of aliphatic hydroxyl groups excluding tert-OH is 1. The van der Waals surface area contributed by atoms with Gasteiger partial charge in [0, 0.05) is 11.6 Å². The summed E-state index contributed by atoms with van der Waals surface area (Å²) in [5, 5.41) is 9.99. The molecule has 1 aliphatic heterocycles. The van der Waals surface area contributed by atoms with E-state index in [9.17, 15) is 5.11 Å². The molecule has 1 aromatic carbocycles. The van der Waals surface area contributed by atoms with Gasteiger partial charge in [0.1, 0.15) is 17.5 Å². The lowest BCUT2D eigenvalue weighted by Crippen LogP contribution is -2.51. The zero-order chi connectivity index (χ0) is 12.1. The predicted molar refractivity (Wildman–Crippen MR) is 62.9 cm³/mol. The van der Waals surface area contributed by atoms with E-state index in [0.29, 0.717) is 22.7 Å². The first-order chi connectivity index (χ1) is 7.33. The summed E-state index contributed by atoms with van der Waals surface area (Å²) in [6.07, 6.45) is -0.775. The van der Waals surface area contributed by atoms with Gasteiger partial charge in [-0.1, -0.05) is 0 Å². The normalized spacial score (nSPS) is 27.0. The van der Waals surface area contributed by atoms with Gasteiger partial charge in [-0.05, 0) is 19.9 Å². The van der Waals surface area contributed by atoms with Gasteiger partial charge in [0.15, 0.2) is 0 Å². The van der Waals surface area contributed by atoms with E-state index in [2.05, 4.69) is 0 Å². The van der Waals surface area contributed by atoms with Gasteiger partial charge in [-0.15, -0.1) is 0 Å². The van der Waals surface area contributed by atoms with Gasteiger partial charge >= 0.3 is 0 Å². The number of nitrogens with two attached hydrogens (primary N) is 3. The van der Waals surface area contributed by atoms with E-state index in [-0.39, 0.29) is 0 Å². The zero-order valence-electron chi connectivity index (χ0n) is 9.40. The molecule has 0 radical (unpaired) electrons. The van der Waals surface area contributed by atoms with Crippen molar-refractivity contribution < 1.29 is 9.84 Å². The quantitative estimate of drug-likeness (QED) is 0.476. The standard InChI is InChI=1S/C11H17N3O2/c1-11(2)10(15)9(14)5-3-6(12)7(13)4-8(5)16-11/h3-4,9-10,15H,12-14H2,1-2H3. The molecule has 1 aliphatic rings. The summed E-state index contributed by atoms with van der Waals surface area (Å²) in [4.78, 5) is 0. The van der Waals surface area contributed by atoms with Crippen molar-refractivity contribution in [2.24, 2.45) is 5.73 Å². The fourth-order valence-corrected chi connectivity index (χ4v) is 1.93. The second kappa shape index (κ2) is 3.26. The van der Waals surface area contributed by atoms with Crippen molar-refractivity contribution in [1.29, 1.82) is 0 Å². The molecule has 1 heterocycles. The van der Waals surface area contributed by atoms with Crippen LogP contribution in [0.5, 0.6) is 5.75 Å². The van der Waals surface area contributed by atoms with E-state index in [0.717, 1.165) is 0 Å². The summed E-state index contributed by atoms with van der Waals surface area (Å²) in [5.41, 5.74) is 18.2. The first-order valence-corrected chi connectivity index (χ1v) is 5.14. The lowest BCUT2D eigenvalue weighted by molar-refractivity contribution is -0.0570. The fraction of sp³-hybridized carbons (Fsp3) is 0.455. The van der Waals surface area contributed by atoms with E-state index >= 15 is 0 Å². The van der Waals surface area contributed by atoms with Crippen LogP contribution in [0.15, 0.2) is 12.1 Å². The Morgan fingerprint density at radius 2 is 1.81 bits per heavy atom. The van der Waals surface area contributed by atoms with Gasteiger partial charge in [0.25, 0.3) is 0 Å². The number of aliphatic hydroxyl groups is 1. The Balaban J connectivity index is 2.55. The fourth-order valence-electron chi connectivity index (χ4n) is 1.93. The second-order valence-electron chi connectivity index (χ2n) is 4.70. The third-order valence-corrected chi connectivity index (χ3v) is 3.00. The molecule has 0 aromatic heterocycles. The Kier molecular flexibility index (Phi) is 2.25. The van der Waals surface area contributed by atoms with Gasteiger partial charge in [-0.2, -0.15) is 0 Å². The molecule has 0 spiro atoms. The van der Waals surface area contributed by atoms with Crippen LogP contribution in [-0.2, 0) is 0 Å². The topological polar surface area (TPSA) is 108 Å². The molecule has 0 saturated heterocycles. The molecule has 0 fully saturated rings. The predicted octanol–water partition coefficient (Wildman–Crippen LogP) is 0.383. The van der Waals surface area contributed by atoms with Crippen molar-refractivity contribution in [2.45, 2.75) is 31.6 Å². The Hall–Kier alpha value is -1.46. The molecule has 0 amide bonds. The van der Waals surface area contributed by atoms with E-state index in [1.807, 2.05) is 0 Å². The van der Waals surface area contributed by atoms with Crippen molar-refractivity contribution in [1.82, 2.24) is 0 Å². The van der Waals surface area contributed by atoms with Crippen LogP contribution in [0, 0.1) is 0 Å². The van der Waals surface area contributed by atoms with Crippen molar-refractivity contribution in [3.05, 3.63) is 17.7 Å². The van der Waals surface area contributed by atoms with E-state index < -0.39 is 17.7 Å². The van der Waals surface area contributed by atoms with Crippen LogP contribution < -0.4 is 21.9 Å². The molecule has 0 aliphatic carbocycles. The SMILES string of the molecule is CC1(C)Oc2cc(N)c(N)cc2C(N)C1O. The maximum Gasteiger partial charge on any atom is 0.131 e. The molecule has 16 heavy (non-hydrogen) atoms. The minimum absolute atomic E-state index is 0.449. The number of hydrogen-bond acceptors (Lipinski definition) is 5. The molecule has 2 rings (SSSR count). The Morgan fingerprint density at radius 3 is 2.44 bits per heavy atom. The number of hydrogen-bond donors (Lipinski definition) is 4. The van der Waals surface area contributed by atoms with Crippen molar-refractivity contribution in [3.63, 3.8) is 0 Å². The number of rotatable bonds is 0. The van der Waals surface area contributed by atoms with Gasteiger partial charge in [-0.25, -0.2) is 0 Å². The zero-order valence-corrected chi connectivity index (χ0v) is 9.40. The highest BCUT2D eigenvalue weighted by Gasteiger charge is 2.41. The highest BCUT2D eigenvalue weighted by Crippen LogP contribution is 2.41. The molecule has 5 nitrogen and oxygen atoms in total. The Labute approximate surface area is 94.2 Å².